The van der Waals surface area contributed by atoms with Crippen LogP contribution < -0.4 is 16.0 Å². The summed E-state index contributed by atoms with van der Waals surface area (Å²) in [7, 11) is 0. The molecular weight excluding hydrogens is 274 g/mol. The highest BCUT2D eigenvalue weighted by atomic mass is 35.5. The van der Waals surface area contributed by atoms with Gasteiger partial charge in [-0.25, -0.2) is 0 Å². The van der Waals surface area contributed by atoms with E-state index in [-0.39, 0.29) is 5.91 Å². The fourth-order valence-corrected chi connectivity index (χ4v) is 2.27. The van der Waals surface area contributed by atoms with Crippen molar-refractivity contribution < 1.29 is 4.79 Å². The van der Waals surface area contributed by atoms with E-state index in [0.29, 0.717) is 17.6 Å². The normalized spacial score (nSPS) is 17.9. The van der Waals surface area contributed by atoms with Crippen LogP contribution in [0, 0.1) is 5.92 Å². The Bertz CT molecular complexity index is 498. The quantitative estimate of drug-likeness (QED) is 0.724. The summed E-state index contributed by atoms with van der Waals surface area (Å²) >= 11 is 6.01. The maximum atomic E-state index is 11.9. The van der Waals surface area contributed by atoms with Crippen LogP contribution in [0.15, 0.2) is 18.2 Å². The second-order valence-corrected chi connectivity index (χ2v) is 6.17. The van der Waals surface area contributed by atoms with Crippen LogP contribution in [0.2, 0.25) is 5.02 Å². The summed E-state index contributed by atoms with van der Waals surface area (Å²) in [6.07, 6.45) is 4.97. The van der Waals surface area contributed by atoms with Crippen LogP contribution in [0.1, 0.15) is 25.7 Å². The molecule has 0 heterocycles. The molecule has 0 spiro atoms. The molecule has 0 saturated heterocycles. The highest BCUT2D eigenvalue weighted by Gasteiger charge is 2.23. The van der Waals surface area contributed by atoms with E-state index in [1.807, 2.05) is 12.1 Å². The van der Waals surface area contributed by atoms with E-state index in [9.17, 15) is 4.79 Å². The van der Waals surface area contributed by atoms with Crippen molar-refractivity contribution in [3.8, 4) is 0 Å². The first kappa shape index (κ1) is 13.7. The van der Waals surface area contributed by atoms with Gasteiger partial charge in [0.1, 0.15) is 0 Å². The minimum atomic E-state index is -0.0215. The molecule has 2 aliphatic carbocycles. The lowest BCUT2D eigenvalue weighted by Gasteiger charge is -2.13. The number of carbonyl (C=O) groups excluding carboxylic acids is 1. The van der Waals surface area contributed by atoms with Crippen molar-refractivity contribution in [2.45, 2.75) is 31.7 Å². The molecule has 0 atom stereocenters. The van der Waals surface area contributed by atoms with Gasteiger partial charge in [-0.3, -0.25) is 4.79 Å². The zero-order valence-corrected chi connectivity index (χ0v) is 12.2. The van der Waals surface area contributed by atoms with Gasteiger partial charge in [-0.15, -0.1) is 0 Å². The third-order valence-corrected chi connectivity index (χ3v) is 3.84. The smallest absolute Gasteiger partial charge is 0.238 e. The highest BCUT2D eigenvalue weighted by molar-refractivity contribution is 6.31. The number of carbonyl (C=O) groups is 1. The van der Waals surface area contributed by atoms with Crippen molar-refractivity contribution in [1.82, 2.24) is 5.32 Å². The van der Waals surface area contributed by atoms with Crippen LogP contribution in [0.4, 0.5) is 11.4 Å². The Labute approximate surface area is 124 Å². The lowest BCUT2D eigenvalue weighted by atomic mass is 10.2. The molecule has 0 aliphatic heterocycles. The Morgan fingerprint density at radius 3 is 2.70 bits per heavy atom. The number of hydrogen-bond donors (Lipinski definition) is 3. The minimum absolute atomic E-state index is 0.0215. The van der Waals surface area contributed by atoms with E-state index < -0.39 is 0 Å². The van der Waals surface area contributed by atoms with Gasteiger partial charge >= 0.3 is 0 Å². The summed E-state index contributed by atoms with van der Waals surface area (Å²) in [5.74, 6) is 0.757. The van der Waals surface area contributed by atoms with Crippen LogP contribution in [0.5, 0.6) is 0 Å². The largest absolute Gasteiger partial charge is 0.381 e. The molecule has 20 heavy (non-hydrogen) atoms. The van der Waals surface area contributed by atoms with Gasteiger partial charge in [0.05, 0.1) is 17.9 Å². The minimum Gasteiger partial charge on any atom is -0.381 e. The average molecular weight is 294 g/mol. The monoisotopic (exact) mass is 293 g/mol. The average Bonchev–Trinajstić information content (AvgIpc) is 3.27. The molecule has 2 aliphatic rings. The number of hydrogen-bond acceptors (Lipinski definition) is 3. The van der Waals surface area contributed by atoms with Gasteiger partial charge in [0, 0.05) is 11.1 Å². The van der Waals surface area contributed by atoms with Gasteiger partial charge in [-0.1, -0.05) is 11.6 Å². The molecule has 1 amide bonds. The maximum Gasteiger partial charge on any atom is 0.238 e. The van der Waals surface area contributed by atoms with Crippen LogP contribution in [-0.2, 0) is 4.79 Å². The third-order valence-electron chi connectivity index (χ3n) is 3.61. The van der Waals surface area contributed by atoms with Crippen molar-refractivity contribution in [2.75, 3.05) is 23.7 Å². The van der Waals surface area contributed by atoms with Gasteiger partial charge in [-0.05, 0) is 56.3 Å². The summed E-state index contributed by atoms with van der Waals surface area (Å²) in [6, 6.07) is 6.10. The SMILES string of the molecule is O=C(CNCC1CC1)Nc1cc(Cl)ccc1NC1CC1. The number of halogens is 1. The number of anilines is 2. The Balaban J connectivity index is 1.55. The standard InChI is InChI=1S/C15H20ClN3O/c16-11-3-6-13(18-12-4-5-12)14(7-11)19-15(20)9-17-8-10-1-2-10/h3,6-7,10,12,17-18H,1-2,4-5,8-9H2,(H,19,20). The van der Waals surface area contributed by atoms with Crippen molar-refractivity contribution in [2.24, 2.45) is 5.92 Å². The Kier molecular flexibility index (Phi) is 4.13. The molecule has 3 rings (SSSR count). The van der Waals surface area contributed by atoms with Crippen LogP contribution in [-0.4, -0.2) is 25.0 Å². The van der Waals surface area contributed by atoms with E-state index in [0.717, 1.165) is 23.8 Å². The molecule has 1 aromatic carbocycles. The van der Waals surface area contributed by atoms with E-state index in [4.69, 9.17) is 11.6 Å². The summed E-state index contributed by atoms with van der Waals surface area (Å²) in [6.45, 7) is 1.29. The number of rotatable bonds is 7. The van der Waals surface area contributed by atoms with Gasteiger partial charge < -0.3 is 16.0 Å². The summed E-state index contributed by atoms with van der Waals surface area (Å²) in [5.41, 5.74) is 1.72. The van der Waals surface area contributed by atoms with Crippen LogP contribution >= 0.6 is 11.6 Å². The predicted octanol–water partition coefficient (Wildman–Crippen LogP) is 2.85. The molecule has 1 aromatic rings. The summed E-state index contributed by atoms with van der Waals surface area (Å²) < 4.78 is 0. The molecular formula is C15H20ClN3O. The molecule has 2 fully saturated rings. The molecule has 0 bridgehead atoms. The lowest BCUT2D eigenvalue weighted by Crippen LogP contribution is -2.29. The molecule has 0 unspecified atom stereocenters. The molecule has 2 saturated carbocycles. The number of amides is 1. The second-order valence-electron chi connectivity index (χ2n) is 5.73. The van der Waals surface area contributed by atoms with Crippen molar-refractivity contribution >= 4 is 28.9 Å². The zero-order valence-electron chi connectivity index (χ0n) is 11.4. The van der Waals surface area contributed by atoms with Gasteiger partial charge in [-0.2, -0.15) is 0 Å². The fraction of sp³-hybridized carbons (Fsp3) is 0.533. The summed E-state index contributed by atoms with van der Waals surface area (Å²) in [4.78, 5) is 11.9. The molecule has 3 N–H and O–H groups in total. The third kappa shape index (κ3) is 4.12. The topological polar surface area (TPSA) is 53.2 Å². The lowest BCUT2D eigenvalue weighted by molar-refractivity contribution is -0.115. The molecule has 0 radical (unpaired) electrons. The highest BCUT2D eigenvalue weighted by Crippen LogP contribution is 2.31. The number of benzene rings is 1. The summed E-state index contributed by atoms with van der Waals surface area (Å²) in [5, 5.41) is 10.2. The first-order chi connectivity index (χ1) is 9.70. The van der Waals surface area contributed by atoms with Crippen molar-refractivity contribution in [1.29, 1.82) is 0 Å². The molecule has 108 valence electrons. The first-order valence-electron chi connectivity index (χ1n) is 7.27. The van der Waals surface area contributed by atoms with E-state index >= 15 is 0 Å². The maximum absolute atomic E-state index is 11.9. The van der Waals surface area contributed by atoms with Gasteiger partial charge in [0.2, 0.25) is 5.91 Å². The fourth-order valence-electron chi connectivity index (χ4n) is 2.10. The van der Waals surface area contributed by atoms with E-state index in [2.05, 4.69) is 16.0 Å². The first-order valence-corrected chi connectivity index (χ1v) is 7.65. The second kappa shape index (κ2) is 6.02. The van der Waals surface area contributed by atoms with Crippen LogP contribution in [0.25, 0.3) is 0 Å². The van der Waals surface area contributed by atoms with Gasteiger partial charge in [0.15, 0.2) is 0 Å². The van der Waals surface area contributed by atoms with Crippen molar-refractivity contribution in [3.05, 3.63) is 23.2 Å². The van der Waals surface area contributed by atoms with E-state index in [1.54, 1.807) is 6.07 Å². The van der Waals surface area contributed by atoms with Crippen LogP contribution in [0.3, 0.4) is 0 Å². The van der Waals surface area contributed by atoms with Crippen molar-refractivity contribution in [3.63, 3.8) is 0 Å². The predicted molar refractivity (Wildman–Crippen MR) is 82.3 cm³/mol. The molecule has 0 aromatic heterocycles. The Hall–Kier alpha value is -1.26. The molecule has 5 heteroatoms. The molecule has 4 nitrogen and oxygen atoms in total. The Morgan fingerprint density at radius 1 is 1.20 bits per heavy atom. The Morgan fingerprint density at radius 2 is 2.00 bits per heavy atom. The zero-order chi connectivity index (χ0) is 13.9. The number of nitrogens with one attached hydrogen (secondary N) is 3. The van der Waals surface area contributed by atoms with E-state index in [1.165, 1.54) is 25.7 Å². The van der Waals surface area contributed by atoms with Gasteiger partial charge in [0.25, 0.3) is 0 Å².